The van der Waals surface area contributed by atoms with Crippen molar-refractivity contribution in [3.63, 3.8) is 0 Å². The van der Waals surface area contributed by atoms with Gasteiger partial charge in [0.15, 0.2) is 0 Å². The summed E-state index contributed by atoms with van der Waals surface area (Å²) in [6, 6.07) is 10.0. The zero-order valence-corrected chi connectivity index (χ0v) is 18.5. The maximum Gasteiger partial charge on any atom is 3.00 e. The fourth-order valence-electron chi connectivity index (χ4n) is 3.19. The van der Waals surface area contributed by atoms with Crippen molar-refractivity contribution in [2.24, 2.45) is 0 Å². The Morgan fingerprint density at radius 3 is 1.63 bits per heavy atom. The SMILES string of the molecule is O=C(O)c1cccc(CN2CC[N-]CCN(Cc3cccc(C(=O)O)n3)CC2)n1.[Tb+3]. The average Bonchev–Trinajstić information content (AvgIpc) is 2.81. The third kappa shape index (κ3) is 7.58. The van der Waals surface area contributed by atoms with Gasteiger partial charge in [-0.25, -0.2) is 19.6 Å². The van der Waals surface area contributed by atoms with E-state index in [1.165, 1.54) is 12.1 Å². The molecule has 160 valence electrons. The van der Waals surface area contributed by atoms with Crippen molar-refractivity contribution in [3.8, 4) is 0 Å². The number of carboxylic acids is 2. The molecule has 3 rings (SSSR count). The van der Waals surface area contributed by atoms with Crippen LogP contribution in [0.1, 0.15) is 32.4 Å². The van der Waals surface area contributed by atoms with Crippen LogP contribution in [0.5, 0.6) is 0 Å². The summed E-state index contributed by atoms with van der Waals surface area (Å²) in [6.45, 7) is 5.62. The van der Waals surface area contributed by atoms with Crippen LogP contribution in [0.4, 0.5) is 0 Å². The van der Waals surface area contributed by atoms with E-state index in [0.717, 1.165) is 26.2 Å². The van der Waals surface area contributed by atoms with Crippen LogP contribution >= 0.6 is 0 Å². The summed E-state index contributed by atoms with van der Waals surface area (Å²) >= 11 is 0. The first kappa shape index (κ1) is 24.7. The van der Waals surface area contributed by atoms with Gasteiger partial charge >= 0.3 is 50.6 Å². The van der Waals surface area contributed by atoms with Gasteiger partial charge in [0.05, 0.1) is 11.4 Å². The van der Waals surface area contributed by atoms with Crippen LogP contribution in [-0.2, 0) is 13.1 Å². The van der Waals surface area contributed by atoms with E-state index < -0.39 is 11.9 Å². The van der Waals surface area contributed by atoms with Gasteiger partial charge in [-0.05, 0) is 37.4 Å². The first-order valence-electron chi connectivity index (χ1n) is 9.47. The third-order valence-electron chi connectivity index (χ3n) is 4.70. The van der Waals surface area contributed by atoms with Gasteiger partial charge in [0.1, 0.15) is 11.4 Å². The van der Waals surface area contributed by atoms with E-state index in [0.29, 0.717) is 37.6 Å². The Bertz CT molecular complexity index is 797. The molecule has 0 bridgehead atoms. The number of hydrogen-bond donors (Lipinski definition) is 2. The molecule has 0 amide bonds. The van der Waals surface area contributed by atoms with Crippen LogP contribution < -0.4 is 0 Å². The Hall–Kier alpha value is -1.59. The minimum Gasteiger partial charge on any atom is -0.660 e. The summed E-state index contributed by atoms with van der Waals surface area (Å²) in [6.07, 6.45) is 0. The number of aromatic nitrogens is 2. The molecule has 2 N–H and O–H groups in total. The molecule has 0 spiro atoms. The number of carbonyl (C=O) groups is 2. The van der Waals surface area contributed by atoms with Gasteiger partial charge in [-0.1, -0.05) is 12.1 Å². The number of nitrogens with zero attached hydrogens (tertiary/aromatic N) is 5. The molecule has 1 aliphatic rings. The quantitative estimate of drug-likeness (QED) is 0.550. The number of carboxylic acid groups (broad SMARTS) is 2. The number of rotatable bonds is 6. The van der Waals surface area contributed by atoms with Crippen molar-refractivity contribution in [2.45, 2.75) is 13.1 Å². The Labute approximate surface area is 205 Å². The maximum absolute atomic E-state index is 11.1. The van der Waals surface area contributed by atoms with E-state index in [2.05, 4.69) is 25.1 Å². The van der Waals surface area contributed by atoms with Crippen LogP contribution in [0.3, 0.4) is 0 Å². The molecular formula is C20H24N5O4Tb+2. The van der Waals surface area contributed by atoms with Crippen molar-refractivity contribution in [1.29, 1.82) is 0 Å². The van der Waals surface area contributed by atoms with Crippen molar-refractivity contribution in [3.05, 3.63) is 64.5 Å². The zero-order chi connectivity index (χ0) is 20.6. The Morgan fingerprint density at radius 2 is 1.23 bits per heavy atom. The molecule has 1 aliphatic heterocycles. The van der Waals surface area contributed by atoms with Gasteiger partial charge in [0.2, 0.25) is 0 Å². The molecule has 0 aromatic carbocycles. The van der Waals surface area contributed by atoms with Gasteiger partial charge in [-0.15, -0.1) is 13.1 Å². The minimum atomic E-state index is -1.03. The molecule has 2 aromatic heterocycles. The largest absolute Gasteiger partial charge is 3.00 e. The average molecular weight is 557 g/mol. The second-order valence-corrected chi connectivity index (χ2v) is 6.86. The summed E-state index contributed by atoms with van der Waals surface area (Å²) in [5.41, 5.74) is 1.52. The molecular weight excluding hydrogens is 533 g/mol. The van der Waals surface area contributed by atoms with Gasteiger partial charge in [-0.2, -0.15) is 0 Å². The predicted octanol–water partition coefficient (Wildman–Crippen LogP) is 1.56. The van der Waals surface area contributed by atoms with Gasteiger partial charge in [0.25, 0.3) is 0 Å². The first-order chi connectivity index (χ1) is 14.0. The molecule has 9 nitrogen and oxygen atoms in total. The first-order valence-corrected chi connectivity index (χ1v) is 9.47. The predicted molar refractivity (Wildman–Crippen MR) is 106 cm³/mol. The van der Waals surface area contributed by atoms with Crippen LogP contribution in [-0.4, -0.2) is 81.2 Å². The molecule has 0 aliphatic carbocycles. The normalized spacial score (nSPS) is 16.0. The summed E-state index contributed by atoms with van der Waals surface area (Å²) in [5.74, 6) is -2.07. The second-order valence-electron chi connectivity index (χ2n) is 6.86. The maximum atomic E-state index is 11.1. The Kier molecular flexibility index (Phi) is 10.1. The Morgan fingerprint density at radius 1 is 0.800 bits per heavy atom. The third-order valence-corrected chi connectivity index (χ3v) is 4.70. The van der Waals surface area contributed by atoms with E-state index in [1.807, 2.05) is 12.1 Å². The molecule has 10 heteroatoms. The summed E-state index contributed by atoms with van der Waals surface area (Å²) in [4.78, 5) is 35.1. The Balaban J connectivity index is 0.00000320. The van der Waals surface area contributed by atoms with Gasteiger partial charge in [-0.3, -0.25) is 9.80 Å². The number of aromatic carboxylic acids is 2. The van der Waals surface area contributed by atoms with E-state index in [-0.39, 0.29) is 50.0 Å². The van der Waals surface area contributed by atoms with E-state index >= 15 is 0 Å². The number of hydrogen-bond acceptors (Lipinski definition) is 6. The fourth-order valence-corrected chi connectivity index (χ4v) is 3.19. The molecule has 1 saturated heterocycles. The van der Waals surface area contributed by atoms with Crippen LogP contribution in [0.2, 0.25) is 0 Å². The summed E-state index contributed by atoms with van der Waals surface area (Å²) in [7, 11) is 0. The molecule has 30 heavy (non-hydrogen) atoms. The number of pyridine rings is 2. The topological polar surface area (TPSA) is 121 Å². The van der Waals surface area contributed by atoms with E-state index in [4.69, 9.17) is 10.2 Å². The van der Waals surface area contributed by atoms with Crippen molar-refractivity contribution in [2.75, 3.05) is 39.3 Å². The zero-order valence-electron chi connectivity index (χ0n) is 16.4. The standard InChI is InChI=1S/C20H24N5O4.Tb/c26-19(27)17-5-1-3-15(22-17)13-24-9-7-21-8-10-25(12-11-24)14-16-4-2-6-18(23-16)20(28)29;/h1-6H,7-14H2,(H,26,27)(H,28,29);/q-1;+3. The van der Waals surface area contributed by atoms with Crippen molar-refractivity contribution < 1.29 is 58.4 Å². The van der Waals surface area contributed by atoms with Gasteiger partial charge in [0, 0.05) is 26.2 Å². The van der Waals surface area contributed by atoms with E-state index in [1.54, 1.807) is 12.1 Å². The molecule has 1 fully saturated rings. The smallest absolute Gasteiger partial charge is 0.660 e. The van der Waals surface area contributed by atoms with Crippen LogP contribution in [0.15, 0.2) is 36.4 Å². The molecule has 0 atom stereocenters. The van der Waals surface area contributed by atoms with E-state index in [9.17, 15) is 9.59 Å². The summed E-state index contributed by atoms with van der Waals surface area (Å²) in [5, 5.41) is 22.8. The monoisotopic (exact) mass is 557 g/mol. The molecule has 0 unspecified atom stereocenters. The molecule has 0 saturated carbocycles. The molecule has 3 heterocycles. The van der Waals surface area contributed by atoms with Crippen LogP contribution in [0, 0.1) is 38.6 Å². The van der Waals surface area contributed by atoms with Gasteiger partial charge < -0.3 is 15.5 Å². The fraction of sp³-hybridized carbons (Fsp3) is 0.400. The molecule has 0 radical (unpaired) electrons. The molecule has 2 aromatic rings. The minimum absolute atomic E-state index is 0. The summed E-state index contributed by atoms with van der Waals surface area (Å²) < 4.78 is 0. The van der Waals surface area contributed by atoms with Crippen LogP contribution in [0.25, 0.3) is 5.32 Å². The van der Waals surface area contributed by atoms with Crippen molar-refractivity contribution in [1.82, 2.24) is 19.8 Å². The van der Waals surface area contributed by atoms with Crippen molar-refractivity contribution >= 4 is 11.9 Å². The second kappa shape index (κ2) is 12.3.